The van der Waals surface area contributed by atoms with Crippen molar-refractivity contribution in [2.24, 2.45) is 0 Å². The molecular weight excluding hydrogens is 364 g/mol. The van der Waals surface area contributed by atoms with Crippen molar-refractivity contribution in [1.82, 2.24) is 9.88 Å². The number of aryl methyl sites for hydroxylation is 1. The van der Waals surface area contributed by atoms with Crippen molar-refractivity contribution in [3.05, 3.63) is 28.8 Å². The van der Waals surface area contributed by atoms with Crippen LogP contribution in [0.3, 0.4) is 0 Å². The summed E-state index contributed by atoms with van der Waals surface area (Å²) in [7, 11) is 1.61. The van der Waals surface area contributed by atoms with Crippen LogP contribution in [0.2, 0.25) is 0 Å². The summed E-state index contributed by atoms with van der Waals surface area (Å²) in [5, 5.41) is 10.0. The van der Waals surface area contributed by atoms with E-state index in [2.05, 4.69) is 9.88 Å². The molecule has 0 aliphatic carbocycles. The van der Waals surface area contributed by atoms with E-state index in [4.69, 9.17) is 9.47 Å². The van der Waals surface area contributed by atoms with Crippen molar-refractivity contribution in [1.29, 1.82) is 0 Å². The van der Waals surface area contributed by atoms with Gasteiger partial charge in [0.05, 0.1) is 12.8 Å². The molecule has 1 N–H and O–H groups in total. The number of rotatable bonds is 8. The molecule has 1 aliphatic rings. The van der Waals surface area contributed by atoms with Crippen LogP contribution in [-0.2, 0) is 6.42 Å². The molecule has 0 atom stereocenters. The summed E-state index contributed by atoms with van der Waals surface area (Å²) in [6, 6.07) is 5.64. The van der Waals surface area contributed by atoms with Crippen molar-refractivity contribution < 1.29 is 19.4 Å². The maximum atomic E-state index is 11.4. The van der Waals surface area contributed by atoms with Crippen molar-refractivity contribution in [3.8, 4) is 22.1 Å². The van der Waals surface area contributed by atoms with Crippen molar-refractivity contribution in [2.45, 2.75) is 32.6 Å². The van der Waals surface area contributed by atoms with Crippen molar-refractivity contribution in [2.75, 3.05) is 33.4 Å². The molecule has 0 radical (unpaired) electrons. The number of piperidine rings is 1. The minimum atomic E-state index is -0.930. The Bertz CT molecular complexity index is 784. The first kappa shape index (κ1) is 19.6. The average Bonchev–Trinajstić information content (AvgIpc) is 3.14. The number of methoxy groups -OCH3 is 1. The number of nitrogens with zero attached hydrogens (tertiary/aromatic N) is 2. The fourth-order valence-electron chi connectivity index (χ4n) is 3.27. The summed E-state index contributed by atoms with van der Waals surface area (Å²) < 4.78 is 11.4. The molecule has 0 amide bonds. The normalized spacial score (nSPS) is 14.9. The van der Waals surface area contributed by atoms with Gasteiger partial charge in [-0.2, -0.15) is 0 Å². The summed E-state index contributed by atoms with van der Waals surface area (Å²) in [4.78, 5) is 18.6. The van der Waals surface area contributed by atoms with Crippen molar-refractivity contribution in [3.63, 3.8) is 0 Å². The Morgan fingerprint density at radius 1 is 1.26 bits per heavy atom. The van der Waals surface area contributed by atoms with Crippen LogP contribution in [0.1, 0.15) is 41.6 Å². The molecule has 3 rings (SSSR count). The van der Waals surface area contributed by atoms with E-state index in [0.29, 0.717) is 40.1 Å². The summed E-state index contributed by atoms with van der Waals surface area (Å²) in [6.07, 6.45) is 4.45. The molecule has 1 saturated heterocycles. The van der Waals surface area contributed by atoms with Gasteiger partial charge in [0.25, 0.3) is 0 Å². The van der Waals surface area contributed by atoms with Crippen LogP contribution >= 0.6 is 11.3 Å². The van der Waals surface area contributed by atoms with E-state index in [1.807, 2.05) is 25.1 Å². The number of benzene rings is 1. The fraction of sp³-hybridized carbons (Fsp3) is 0.500. The maximum absolute atomic E-state index is 11.4. The number of ether oxygens (including phenoxy) is 2. The molecule has 7 heteroatoms. The predicted molar refractivity (Wildman–Crippen MR) is 106 cm³/mol. The van der Waals surface area contributed by atoms with Gasteiger partial charge >= 0.3 is 5.97 Å². The highest BCUT2D eigenvalue weighted by Crippen LogP contribution is 2.35. The van der Waals surface area contributed by atoms with Gasteiger partial charge < -0.3 is 14.6 Å². The van der Waals surface area contributed by atoms with Gasteiger partial charge in [-0.25, -0.2) is 9.78 Å². The molecule has 0 bridgehead atoms. The molecule has 2 heterocycles. The molecule has 1 fully saturated rings. The summed E-state index contributed by atoms with van der Waals surface area (Å²) >= 11 is 1.19. The van der Waals surface area contributed by atoms with Gasteiger partial charge in [0, 0.05) is 12.1 Å². The molecule has 27 heavy (non-hydrogen) atoms. The second-order valence-electron chi connectivity index (χ2n) is 6.57. The SMILES string of the molecule is CCc1nc(-c2ccc(OCCN3CCCCC3)c(OC)c2)sc1C(=O)O. The molecule has 2 aromatic rings. The topological polar surface area (TPSA) is 71.9 Å². The van der Waals surface area contributed by atoms with Crippen LogP contribution in [0.25, 0.3) is 10.6 Å². The standard InChI is InChI=1S/C20H26N2O4S/c1-3-15-18(20(23)24)27-19(21-15)14-7-8-16(17(13-14)25-2)26-12-11-22-9-5-4-6-10-22/h7-8,13H,3-6,9-12H2,1-2H3,(H,23,24). The first-order valence-corrected chi connectivity index (χ1v) is 10.2. The lowest BCUT2D eigenvalue weighted by atomic mass is 10.1. The van der Waals surface area contributed by atoms with Crippen LogP contribution in [0.5, 0.6) is 11.5 Å². The Kier molecular flexibility index (Phi) is 6.68. The molecule has 0 unspecified atom stereocenters. The lowest BCUT2D eigenvalue weighted by Crippen LogP contribution is -2.33. The minimum absolute atomic E-state index is 0.299. The highest BCUT2D eigenvalue weighted by Gasteiger charge is 2.18. The second kappa shape index (κ2) is 9.19. The monoisotopic (exact) mass is 390 g/mol. The first-order valence-electron chi connectivity index (χ1n) is 9.39. The number of hydrogen-bond acceptors (Lipinski definition) is 6. The summed E-state index contributed by atoms with van der Waals surface area (Å²) in [5.41, 5.74) is 1.45. The number of aromatic nitrogens is 1. The van der Waals surface area contributed by atoms with E-state index in [1.54, 1.807) is 7.11 Å². The van der Waals surface area contributed by atoms with Gasteiger partial charge in [0.1, 0.15) is 16.5 Å². The van der Waals surface area contributed by atoms with Gasteiger partial charge in [-0.1, -0.05) is 13.3 Å². The predicted octanol–water partition coefficient (Wildman–Crippen LogP) is 3.94. The molecule has 1 aromatic heterocycles. The van der Waals surface area contributed by atoms with Gasteiger partial charge in [-0.15, -0.1) is 11.3 Å². The van der Waals surface area contributed by atoms with Gasteiger partial charge in [-0.3, -0.25) is 4.90 Å². The summed E-state index contributed by atoms with van der Waals surface area (Å²) in [6.45, 7) is 5.74. The van der Waals surface area contributed by atoms with E-state index in [-0.39, 0.29) is 0 Å². The molecule has 1 aliphatic heterocycles. The third-order valence-electron chi connectivity index (χ3n) is 4.75. The van der Waals surface area contributed by atoms with Crippen LogP contribution in [0.15, 0.2) is 18.2 Å². The number of thiazole rings is 1. The Morgan fingerprint density at radius 2 is 2.04 bits per heavy atom. The Labute approximate surface area is 163 Å². The number of carboxylic acids is 1. The van der Waals surface area contributed by atoms with Crippen LogP contribution in [-0.4, -0.2) is 54.3 Å². The number of likely N-dealkylation sites (tertiary alicyclic amines) is 1. The van der Waals surface area contributed by atoms with Gasteiger partial charge in [0.2, 0.25) is 0 Å². The molecule has 6 nitrogen and oxygen atoms in total. The lowest BCUT2D eigenvalue weighted by molar-refractivity contribution is 0.0701. The number of hydrogen-bond donors (Lipinski definition) is 1. The van der Waals surface area contributed by atoms with Crippen LogP contribution in [0.4, 0.5) is 0 Å². The zero-order valence-electron chi connectivity index (χ0n) is 15.9. The third-order valence-corrected chi connectivity index (χ3v) is 5.89. The average molecular weight is 391 g/mol. The largest absolute Gasteiger partial charge is 0.493 e. The zero-order valence-corrected chi connectivity index (χ0v) is 16.7. The summed E-state index contributed by atoms with van der Waals surface area (Å²) in [5.74, 6) is 0.403. The molecule has 0 saturated carbocycles. The highest BCUT2D eigenvalue weighted by atomic mass is 32.1. The molecular formula is C20H26N2O4S. The van der Waals surface area contributed by atoms with E-state index in [1.165, 1.54) is 30.6 Å². The lowest BCUT2D eigenvalue weighted by Gasteiger charge is -2.26. The van der Waals surface area contributed by atoms with Crippen LogP contribution < -0.4 is 9.47 Å². The smallest absolute Gasteiger partial charge is 0.347 e. The minimum Gasteiger partial charge on any atom is -0.493 e. The van der Waals surface area contributed by atoms with E-state index >= 15 is 0 Å². The second-order valence-corrected chi connectivity index (χ2v) is 7.57. The van der Waals surface area contributed by atoms with Gasteiger partial charge in [0.15, 0.2) is 11.5 Å². The number of carboxylic acid groups (broad SMARTS) is 1. The molecule has 0 spiro atoms. The number of aromatic carboxylic acids is 1. The van der Waals surface area contributed by atoms with Crippen LogP contribution in [0, 0.1) is 0 Å². The van der Waals surface area contributed by atoms with E-state index in [9.17, 15) is 9.90 Å². The Morgan fingerprint density at radius 3 is 2.67 bits per heavy atom. The zero-order chi connectivity index (χ0) is 19.2. The Balaban J connectivity index is 1.71. The Hall–Kier alpha value is -2.12. The molecule has 146 valence electrons. The maximum Gasteiger partial charge on any atom is 0.347 e. The fourth-order valence-corrected chi connectivity index (χ4v) is 4.26. The van der Waals surface area contributed by atoms with Gasteiger partial charge in [-0.05, 0) is 50.6 Å². The van der Waals surface area contributed by atoms with E-state index in [0.717, 1.165) is 25.2 Å². The first-order chi connectivity index (χ1) is 13.1. The molecule has 1 aromatic carbocycles. The number of carbonyl (C=O) groups is 1. The van der Waals surface area contributed by atoms with E-state index < -0.39 is 5.97 Å². The van der Waals surface area contributed by atoms with Crippen molar-refractivity contribution >= 4 is 17.3 Å². The third kappa shape index (κ3) is 4.78. The quantitative estimate of drug-likeness (QED) is 0.736. The highest BCUT2D eigenvalue weighted by molar-refractivity contribution is 7.17.